The number of anilines is 1. The van der Waals surface area contributed by atoms with Gasteiger partial charge >= 0.3 is 0 Å². The number of aliphatic imine (C=N–C) groups is 1. The van der Waals surface area contributed by atoms with Crippen LogP contribution in [0, 0.1) is 6.92 Å². The van der Waals surface area contributed by atoms with Gasteiger partial charge in [0.1, 0.15) is 5.15 Å². The van der Waals surface area contributed by atoms with Crippen LogP contribution in [-0.4, -0.2) is 25.3 Å². The van der Waals surface area contributed by atoms with Crippen LogP contribution in [0.2, 0.25) is 5.15 Å². The predicted octanol–water partition coefficient (Wildman–Crippen LogP) is 3.47. The molecule has 3 N–H and O–H groups in total. The fourth-order valence-corrected chi connectivity index (χ4v) is 3.82. The number of fused-ring (bicyclic) bond motifs is 3. The van der Waals surface area contributed by atoms with Crippen LogP contribution in [0.25, 0.3) is 16.7 Å². The minimum atomic E-state index is -0.446. The Morgan fingerprint density at radius 3 is 2.63 bits per heavy atom. The average molecular weight is 378 g/mol. The quantitative estimate of drug-likeness (QED) is 0.560. The summed E-state index contributed by atoms with van der Waals surface area (Å²) in [7, 11) is 0. The van der Waals surface area contributed by atoms with Crippen LogP contribution in [0.1, 0.15) is 17.4 Å². The van der Waals surface area contributed by atoms with Crippen molar-refractivity contribution in [2.24, 2.45) is 10.7 Å². The van der Waals surface area contributed by atoms with Gasteiger partial charge in [-0.3, -0.25) is 9.88 Å². The van der Waals surface area contributed by atoms with E-state index in [1.807, 2.05) is 66.1 Å². The number of para-hydroxylation sites is 3. The van der Waals surface area contributed by atoms with Gasteiger partial charge in [0.25, 0.3) is 0 Å². The molecule has 5 rings (SSSR count). The summed E-state index contributed by atoms with van der Waals surface area (Å²) in [5, 5.41) is 8.18. The smallest absolute Gasteiger partial charge is 0.212 e. The maximum Gasteiger partial charge on any atom is 0.212 e. The summed E-state index contributed by atoms with van der Waals surface area (Å²) in [6.45, 7) is 1.92. The molecule has 4 aromatic rings. The molecular formula is C19H16ClN7. The molecule has 1 aliphatic rings. The lowest BCUT2D eigenvalue weighted by Crippen LogP contribution is -2.31. The van der Waals surface area contributed by atoms with Crippen LogP contribution in [0.5, 0.6) is 0 Å². The van der Waals surface area contributed by atoms with E-state index in [4.69, 9.17) is 17.3 Å². The highest BCUT2D eigenvalue weighted by molar-refractivity contribution is 6.30. The van der Waals surface area contributed by atoms with Gasteiger partial charge in [0.15, 0.2) is 12.1 Å². The lowest BCUT2D eigenvalue weighted by molar-refractivity contribution is 0.623. The van der Waals surface area contributed by atoms with Crippen LogP contribution >= 0.6 is 11.6 Å². The Labute approximate surface area is 160 Å². The number of halogens is 1. The van der Waals surface area contributed by atoms with E-state index in [-0.39, 0.29) is 0 Å². The number of aromatic nitrogens is 4. The van der Waals surface area contributed by atoms with Crippen LogP contribution in [0.4, 0.5) is 5.95 Å². The van der Waals surface area contributed by atoms with Crippen molar-refractivity contribution >= 4 is 34.5 Å². The van der Waals surface area contributed by atoms with Crippen LogP contribution < -0.4 is 11.1 Å². The Balaban J connectivity index is 1.74. The Morgan fingerprint density at radius 1 is 1.07 bits per heavy atom. The van der Waals surface area contributed by atoms with Gasteiger partial charge in [-0.2, -0.15) is 5.10 Å². The number of guanidine groups is 1. The molecule has 1 aliphatic heterocycles. The number of aryl methyl sites for hydroxylation is 1. The Hall–Kier alpha value is -3.32. The highest BCUT2D eigenvalue weighted by atomic mass is 35.5. The van der Waals surface area contributed by atoms with Gasteiger partial charge in [-0.1, -0.05) is 41.9 Å². The molecule has 27 heavy (non-hydrogen) atoms. The molecule has 0 saturated heterocycles. The largest absolute Gasteiger partial charge is 0.370 e. The standard InChI is InChI=1S/C19H16ClN7/c1-11-15(16(20)27(25-11)12-7-3-2-4-8-12)17-23-18(21)24-19-22-13-9-5-6-10-14(13)26(17)19/h2-10,17H,1H3,(H3,21,22,23,24). The van der Waals surface area contributed by atoms with Crippen molar-refractivity contribution in [1.29, 1.82) is 0 Å². The van der Waals surface area contributed by atoms with Gasteiger partial charge in [0.05, 0.1) is 28.0 Å². The summed E-state index contributed by atoms with van der Waals surface area (Å²) in [5.74, 6) is 0.933. The Bertz CT molecular complexity index is 1190. The third-order valence-electron chi connectivity index (χ3n) is 4.65. The van der Waals surface area contributed by atoms with E-state index in [2.05, 4.69) is 20.4 Å². The number of nitrogens with two attached hydrogens (primary N) is 1. The molecule has 0 saturated carbocycles. The molecule has 0 spiro atoms. The summed E-state index contributed by atoms with van der Waals surface area (Å²) in [5.41, 5.74) is 10.3. The maximum absolute atomic E-state index is 6.77. The second kappa shape index (κ2) is 5.85. The number of hydrogen-bond acceptors (Lipinski definition) is 5. The summed E-state index contributed by atoms with van der Waals surface area (Å²) >= 11 is 6.77. The first-order valence-corrected chi connectivity index (χ1v) is 8.89. The molecule has 1 atom stereocenters. The number of nitrogens with one attached hydrogen (secondary N) is 1. The second-order valence-corrected chi connectivity index (χ2v) is 6.70. The van der Waals surface area contributed by atoms with Crippen LogP contribution in [0.15, 0.2) is 59.6 Å². The van der Waals surface area contributed by atoms with Crippen molar-refractivity contribution in [1.82, 2.24) is 19.3 Å². The molecule has 0 radical (unpaired) electrons. The summed E-state index contributed by atoms with van der Waals surface area (Å²) in [6.07, 6.45) is -0.446. The van der Waals surface area contributed by atoms with E-state index in [1.54, 1.807) is 4.68 Å². The molecule has 1 unspecified atom stereocenters. The monoisotopic (exact) mass is 377 g/mol. The minimum Gasteiger partial charge on any atom is -0.370 e. The van der Waals surface area contributed by atoms with Crippen molar-refractivity contribution in [3.63, 3.8) is 0 Å². The molecule has 2 aromatic heterocycles. The zero-order valence-corrected chi connectivity index (χ0v) is 15.2. The molecule has 0 bridgehead atoms. The van der Waals surface area contributed by atoms with Gasteiger partial charge < -0.3 is 5.73 Å². The second-order valence-electron chi connectivity index (χ2n) is 6.34. The first-order chi connectivity index (χ1) is 13.1. The van der Waals surface area contributed by atoms with E-state index in [0.29, 0.717) is 17.1 Å². The predicted molar refractivity (Wildman–Crippen MR) is 106 cm³/mol. The highest BCUT2D eigenvalue weighted by Gasteiger charge is 2.30. The van der Waals surface area contributed by atoms with Crippen molar-refractivity contribution in [3.8, 4) is 5.69 Å². The molecule has 0 aliphatic carbocycles. The van der Waals surface area contributed by atoms with Gasteiger partial charge in [-0.05, 0) is 31.2 Å². The van der Waals surface area contributed by atoms with Gasteiger partial charge in [0, 0.05) is 0 Å². The van der Waals surface area contributed by atoms with Gasteiger partial charge in [0.2, 0.25) is 5.95 Å². The average Bonchev–Trinajstić information content (AvgIpc) is 3.18. The number of rotatable bonds is 2. The lowest BCUT2D eigenvalue weighted by Gasteiger charge is -2.23. The fourth-order valence-electron chi connectivity index (χ4n) is 3.45. The summed E-state index contributed by atoms with van der Waals surface area (Å²) < 4.78 is 3.72. The van der Waals surface area contributed by atoms with E-state index in [9.17, 15) is 0 Å². The first-order valence-electron chi connectivity index (χ1n) is 8.51. The topological polar surface area (TPSA) is 86.1 Å². The van der Waals surface area contributed by atoms with Gasteiger partial charge in [-0.15, -0.1) is 0 Å². The Kier molecular flexibility index (Phi) is 3.45. The van der Waals surface area contributed by atoms with Crippen LogP contribution in [0.3, 0.4) is 0 Å². The van der Waals surface area contributed by atoms with Crippen molar-refractivity contribution in [2.45, 2.75) is 13.1 Å². The summed E-state index contributed by atoms with van der Waals surface area (Å²) in [4.78, 5) is 9.24. The molecule has 0 amide bonds. The van der Waals surface area contributed by atoms with E-state index in [1.165, 1.54) is 0 Å². The molecule has 7 nitrogen and oxygen atoms in total. The summed E-state index contributed by atoms with van der Waals surface area (Å²) in [6, 6.07) is 17.6. The Morgan fingerprint density at radius 2 is 1.81 bits per heavy atom. The first kappa shape index (κ1) is 15.9. The maximum atomic E-state index is 6.77. The highest BCUT2D eigenvalue weighted by Crippen LogP contribution is 2.37. The van der Waals surface area contributed by atoms with Crippen molar-refractivity contribution in [2.75, 3.05) is 5.32 Å². The molecule has 3 heterocycles. The molecule has 8 heteroatoms. The number of benzene rings is 2. The van der Waals surface area contributed by atoms with E-state index >= 15 is 0 Å². The molecule has 0 fully saturated rings. The van der Waals surface area contributed by atoms with E-state index in [0.717, 1.165) is 28.0 Å². The number of hydrogen-bond donors (Lipinski definition) is 2. The normalized spacial score (nSPS) is 16.1. The lowest BCUT2D eigenvalue weighted by atomic mass is 10.2. The molecular weight excluding hydrogens is 362 g/mol. The zero-order valence-electron chi connectivity index (χ0n) is 14.5. The molecule has 134 valence electrons. The number of nitrogens with zero attached hydrogens (tertiary/aromatic N) is 5. The van der Waals surface area contributed by atoms with Crippen molar-refractivity contribution < 1.29 is 0 Å². The van der Waals surface area contributed by atoms with Crippen LogP contribution in [-0.2, 0) is 0 Å². The van der Waals surface area contributed by atoms with Gasteiger partial charge in [-0.25, -0.2) is 14.7 Å². The van der Waals surface area contributed by atoms with Crippen molar-refractivity contribution in [3.05, 3.63) is 71.0 Å². The molecule has 2 aromatic carbocycles. The minimum absolute atomic E-state index is 0.297. The zero-order chi connectivity index (χ0) is 18.5. The number of imidazole rings is 1. The van der Waals surface area contributed by atoms with E-state index < -0.39 is 6.17 Å². The fraction of sp³-hybridized carbons (Fsp3) is 0.105. The SMILES string of the molecule is Cc1nn(-c2ccccc2)c(Cl)c1C1N=C(N)Nc2nc3ccccc3n21. The third-order valence-corrected chi connectivity index (χ3v) is 5.01. The third kappa shape index (κ3) is 2.39.